The van der Waals surface area contributed by atoms with Gasteiger partial charge in [-0.15, -0.1) is 0 Å². The number of hydrogen-bond acceptors (Lipinski definition) is 3. The average molecular weight is 362 g/mol. The fourth-order valence-electron chi connectivity index (χ4n) is 3.94. The summed E-state index contributed by atoms with van der Waals surface area (Å²) in [6.07, 6.45) is 2.33. The van der Waals surface area contributed by atoms with Gasteiger partial charge >= 0.3 is 0 Å². The van der Waals surface area contributed by atoms with Crippen molar-refractivity contribution in [3.63, 3.8) is 0 Å². The van der Waals surface area contributed by atoms with Crippen LogP contribution in [0.4, 0.5) is 4.39 Å². The number of carbonyl (C=O) groups is 2. The molecule has 2 atom stereocenters. The van der Waals surface area contributed by atoms with Crippen molar-refractivity contribution in [3.05, 3.63) is 35.6 Å². The van der Waals surface area contributed by atoms with Crippen molar-refractivity contribution in [1.82, 2.24) is 9.80 Å². The molecule has 3 rings (SSSR count). The quantitative estimate of drug-likeness (QED) is 0.827. The third kappa shape index (κ3) is 4.41. The first-order chi connectivity index (χ1) is 12.6. The van der Waals surface area contributed by atoms with Gasteiger partial charge in [-0.25, -0.2) is 4.39 Å². The van der Waals surface area contributed by atoms with Crippen molar-refractivity contribution in [3.8, 4) is 0 Å². The van der Waals surface area contributed by atoms with Crippen molar-refractivity contribution < 1.29 is 18.7 Å². The molecule has 142 valence electrons. The van der Waals surface area contributed by atoms with E-state index in [-0.39, 0.29) is 17.6 Å². The van der Waals surface area contributed by atoms with Crippen LogP contribution in [0.2, 0.25) is 0 Å². The predicted octanol–water partition coefficient (Wildman–Crippen LogP) is 2.56. The molecule has 0 spiro atoms. The molecule has 0 bridgehead atoms. The lowest BCUT2D eigenvalue weighted by Crippen LogP contribution is -2.46. The number of rotatable bonds is 4. The highest BCUT2D eigenvalue weighted by atomic mass is 19.1. The highest BCUT2D eigenvalue weighted by Gasteiger charge is 2.33. The first kappa shape index (κ1) is 18.8. The van der Waals surface area contributed by atoms with Crippen LogP contribution >= 0.6 is 0 Å². The van der Waals surface area contributed by atoms with Gasteiger partial charge in [-0.1, -0.05) is 13.3 Å². The van der Waals surface area contributed by atoms with Crippen LogP contribution in [0.25, 0.3) is 0 Å². The van der Waals surface area contributed by atoms with E-state index in [1.807, 2.05) is 9.80 Å². The molecule has 0 saturated carbocycles. The summed E-state index contributed by atoms with van der Waals surface area (Å²) >= 11 is 0. The molecule has 2 aliphatic heterocycles. The van der Waals surface area contributed by atoms with E-state index in [4.69, 9.17) is 4.74 Å². The SMILES string of the molecule is CC[C@@H]1CN(C(=O)c2ccc(F)cc2)CC[C@H]1CC(=O)N1CCOCC1. The Bertz CT molecular complexity index is 628. The second-order valence-corrected chi connectivity index (χ2v) is 7.17. The number of ether oxygens (including phenoxy) is 1. The van der Waals surface area contributed by atoms with Crippen molar-refractivity contribution in [1.29, 1.82) is 0 Å². The predicted molar refractivity (Wildman–Crippen MR) is 96.2 cm³/mol. The van der Waals surface area contributed by atoms with Crippen molar-refractivity contribution in [2.24, 2.45) is 11.8 Å². The number of hydrogen-bond donors (Lipinski definition) is 0. The number of nitrogens with zero attached hydrogens (tertiary/aromatic N) is 2. The minimum Gasteiger partial charge on any atom is -0.378 e. The monoisotopic (exact) mass is 362 g/mol. The summed E-state index contributed by atoms with van der Waals surface area (Å²) in [5, 5.41) is 0. The van der Waals surface area contributed by atoms with Gasteiger partial charge in [0.25, 0.3) is 5.91 Å². The second kappa shape index (κ2) is 8.62. The molecule has 1 aromatic carbocycles. The Morgan fingerprint density at radius 1 is 1.08 bits per heavy atom. The number of halogens is 1. The van der Waals surface area contributed by atoms with Gasteiger partial charge in [0.15, 0.2) is 0 Å². The Kier molecular flexibility index (Phi) is 6.25. The molecule has 2 heterocycles. The van der Waals surface area contributed by atoms with E-state index in [0.29, 0.717) is 63.2 Å². The van der Waals surface area contributed by atoms with Gasteiger partial charge in [0, 0.05) is 38.2 Å². The lowest BCUT2D eigenvalue weighted by atomic mass is 9.81. The summed E-state index contributed by atoms with van der Waals surface area (Å²) in [4.78, 5) is 29.0. The van der Waals surface area contributed by atoms with Crippen molar-refractivity contribution in [2.75, 3.05) is 39.4 Å². The Balaban J connectivity index is 1.58. The fraction of sp³-hybridized carbons (Fsp3) is 0.600. The molecule has 2 aliphatic rings. The maximum absolute atomic E-state index is 13.1. The summed E-state index contributed by atoms with van der Waals surface area (Å²) in [6, 6.07) is 5.70. The molecule has 0 unspecified atom stereocenters. The highest BCUT2D eigenvalue weighted by molar-refractivity contribution is 5.94. The van der Waals surface area contributed by atoms with Crippen LogP contribution in [0.15, 0.2) is 24.3 Å². The van der Waals surface area contributed by atoms with Gasteiger partial charge < -0.3 is 14.5 Å². The largest absolute Gasteiger partial charge is 0.378 e. The van der Waals surface area contributed by atoms with Crippen LogP contribution < -0.4 is 0 Å². The molecule has 5 nitrogen and oxygen atoms in total. The molecule has 0 N–H and O–H groups in total. The number of piperidine rings is 1. The standard InChI is InChI=1S/C20H27FN2O3/c1-2-15-14-23(20(25)16-3-5-18(21)6-4-16)8-7-17(15)13-19(24)22-9-11-26-12-10-22/h3-6,15,17H,2,7-14H2,1H3/t15-,17+/m1/s1. The molecule has 0 aliphatic carbocycles. The Morgan fingerprint density at radius 2 is 1.77 bits per heavy atom. The fourth-order valence-corrected chi connectivity index (χ4v) is 3.94. The van der Waals surface area contributed by atoms with E-state index >= 15 is 0 Å². The van der Waals surface area contributed by atoms with E-state index < -0.39 is 0 Å². The zero-order chi connectivity index (χ0) is 18.5. The number of amides is 2. The van der Waals surface area contributed by atoms with Crippen LogP contribution in [0, 0.1) is 17.7 Å². The lowest BCUT2D eigenvalue weighted by Gasteiger charge is -2.39. The zero-order valence-electron chi connectivity index (χ0n) is 15.3. The zero-order valence-corrected chi connectivity index (χ0v) is 15.3. The molecule has 2 saturated heterocycles. The molecular weight excluding hydrogens is 335 g/mol. The minimum absolute atomic E-state index is 0.0543. The molecule has 26 heavy (non-hydrogen) atoms. The summed E-state index contributed by atoms with van der Waals surface area (Å²) < 4.78 is 18.4. The number of likely N-dealkylation sites (tertiary alicyclic amines) is 1. The maximum Gasteiger partial charge on any atom is 0.253 e. The summed E-state index contributed by atoms with van der Waals surface area (Å²) in [6.45, 7) is 6.01. The van der Waals surface area contributed by atoms with Crippen LogP contribution in [0.5, 0.6) is 0 Å². The molecule has 0 aromatic heterocycles. The Hall–Kier alpha value is -1.95. The van der Waals surface area contributed by atoms with Gasteiger partial charge in [-0.2, -0.15) is 0 Å². The maximum atomic E-state index is 13.1. The van der Waals surface area contributed by atoms with Crippen molar-refractivity contribution >= 4 is 11.8 Å². The molecule has 2 fully saturated rings. The molecule has 2 amide bonds. The topological polar surface area (TPSA) is 49.9 Å². The average Bonchev–Trinajstić information content (AvgIpc) is 2.69. The molecule has 0 radical (unpaired) electrons. The normalized spacial score (nSPS) is 23.8. The third-order valence-electron chi connectivity index (χ3n) is 5.59. The molecule has 6 heteroatoms. The van der Waals surface area contributed by atoms with Crippen LogP contribution in [0.3, 0.4) is 0 Å². The smallest absolute Gasteiger partial charge is 0.253 e. The summed E-state index contributed by atoms with van der Waals surface area (Å²) in [5.74, 6) is 0.440. The summed E-state index contributed by atoms with van der Waals surface area (Å²) in [7, 11) is 0. The van der Waals surface area contributed by atoms with Gasteiger partial charge in [0.05, 0.1) is 13.2 Å². The first-order valence-corrected chi connectivity index (χ1v) is 9.49. The lowest BCUT2D eigenvalue weighted by molar-refractivity contribution is -0.137. The second-order valence-electron chi connectivity index (χ2n) is 7.17. The third-order valence-corrected chi connectivity index (χ3v) is 5.59. The summed E-state index contributed by atoms with van der Waals surface area (Å²) in [5.41, 5.74) is 0.518. The Labute approximate surface area is 154 Å². The number of carbonyl (C=O) groups excluding carboxylic acids is 2. The Morgan fingerprint density at radius 3 is 2.42 bits per heavy atom. The van der Waals surface area contributed by atoms with Crippen LogP contribution in [-0.4, -0.2) is 61.0 Å². The number of benzene rings is 1. The van der Waals surface area contributed by atoms with E-state index in [0.717, 1.165) is 12.8 Å². The van der Waals surface area contributed by atoms with Gasteiger partial charge in [-0.3, -0.25) is 9.59 Å². The number of morpholine rings is 1. The van der Waals surface area contributed by atoms with E-state index in [9.17, 15) is 14.0 Å². The van der Waals surface area contributed by atoms with Crippen molar-refractivity contribution in [2.45, 2.75) is 26.2 Å². The van der Waals surface area contributed by atoms with Gasteiger partial charge in [0.2, 0.25) is 5.91 Å². The molecular formula is C20H27FN2O3. The molecule has 1 aromatic rings. The van der Waals surface area contributed by atoms with Crippen LogP contribution in [0.1, 0.15) is 36.5 Å². The van der Waals surface area contributed by atoms with E-state index in [1.165, 1.54) is 24.3 Å². The van der Waals surface area contributed by atoms with Crippen LogP contribution in [-0.2, 0) is 9.53 Å². The van der Waals surface area contributed by atoms with Gasteiger partial charge in [0.1, 0.15) is 5.82 Å². The highest BCUT2D eigenvalue weighted by Crippen LogP contribution is 2.30. The van der Waals surface area contributed by atoms with E-state index in [2.05, 4.69) is 6.92 Å². The van der Waals surface area contributed by atoms with Gasteiger partial charge in [-0.05, 0) is 42.5 Å². The minimum atomic E-state index is -0.340. The van der Waals surface area contributed by atoms with E-state index in [1.54, 1.807) is 0 Å². The first-order valence-electron chi connectivity index (χ1n) is 9.49.